The van der Waals surface area contributed by atoms with Gasteiger partial charge in [-0.15, -0.1) is 0 Å². The molecule has 0 amide bonds. The molecule has 0 unspecified atom stereocenters. The Morgan fingerprint density at radius 1 is 1.33 bits per heavy atom. The second-order valence-corrected chi connectivity index (χ2v) is 5.07. The first-order chi connectivity index (χ1) is 10.2. The van der Waals surface area contributed by atoms with Gasteiger partial charge in [0.25, 0.3) is 0 Å². The maximum atomic E-state index is 5.88. The van der Waals surface area contributed by atoms with Gasteiger partial charge in [0, 0.05) is 12.6 Å². The lowest BCUT2D eigenvalue weighted by Crippen LogP contribution is -2.07. The van der Waals surface area contributed by atoms with E-state index >= 15 is 0 Å². The van der Waals surface area contributed by atoms with E-state index in [2.05, 4.69) is 16.5 Å². The summed E-state index contributed by atoms with van der Waals surface area (Å²) in [6.45, 7) is 5.49. The van der Waals surface area contributed by atoms with Crippen LogP contribution in [0.2, 0.25) is 0 Å². The summed E-state index contributed by atoms with van der Waals surface area (Å²) in [5, 5.41) is 0. The summed E-state index contributed by atoms with van der Waals surface area (Å²) < 4.78 is 13.3. The van der Waals surface area contributed by atoms with E-state index in [-0.39, 0.29) is 6.04 Å². The minimum Gasteiger partial charge on any atom is -0.493 e. The number of aryl methyl sites for hydroxylation is 1. The number of hydrogen-bond acceptors (Lipinski definition) is 4. The van der Waals surface area contributed by atoms with Crippen LogP contribution in [0.15, 0.2) is 30.7 Å². The van der Waals surface area contributed by atoms with E-state index in [0.717, 1.165) is 24.2 Å². The lowest BCUT2D eigenvalue weighted by atomic mass is 10.1. The van der Waals surface area contributed by atoms with E-state index in [1.807, 2.05) is 37.6 Å². The number of imidazole rings is 1. The molecule has 21 heavy (non-hydrogen) atoms. The molecule has 2 aromatic rings. The van der Waals surface area contributed by atoms with Crippen LogP contribution in [-0.2, 0) is 13.2 Å². The van der Waals surface area contributed by atoms with E-state index in [1.165, 1.54) is 0 Å². The molecule has 1 aromatic heterocycles. The minimum atomic E-state index is -0.0288. The van der Waals surface area contributed by atoms with Gasteiger partial charge in [-0.1, -0.05) is 13.0 Å². The molecule has 1 aromatic carbocycles. The number of nitrogens with two attached hydrogens (primary N) is 1. The van der Waals surface area contributed by atoms with Gasteiger partial charge in [-0.05, 0) is 31.0 Å². The molecule has 2 rings (SSSR count). The molecular weight excluding hydrogens is 266 g/mol. The van der Waals surface area contributed by atoms with Crippen LogP contribution in [0.25, 0.3) is 0 Å². The number of ether oxygens (including phenoxy) is 2. The highest BCUT2D eigenvalue weighted by atomic mass is 16.5. The van der Waals surface area contributed by atoms with Gasteiger partial charge in [0.05, 0.1) is 25.3 Å². The molecule has 0 spiro atoms. The zero-order valence-electron chi connectivity index (χ0n) is 12.9. The second-order valence-electron chi connectivity index (χ2n) is 5.07. The third-order valence-electron chi connectivity index (χ3n) is 3.35. The predicted molar refractivity (Wildman–Crippen MR) is 82.4 cm³/mol. The van der Waals surface area contributed by atoms with Crippen molar-refractivity contribution < 1.29 is 9.47 Å². The van der Waals surface area contributed by atoms with E-state index in [1.54, 1.807) is 7.11 Å². The average molecular weight is 289 g/mol. The van der Waals surface area contributed by atoms with Gasteiger partial charge in [0.15, 0.2) is 11.5 Å². The van der Waals surface area contributed by atoms with Crippen LogP contribution >= 0.6 is 0 Å². The zero-order chi connectivity index (χ0) is 15.2. The van der Waals surface area contributed by atoms with Crippen LogP contribution in [-0.4, -0.2) is 16.7 Å². The summed E-state index contributed by atoms with van der Waals surface area (Å²) in [5.74, 6) is 1.41. The summed E-state index contributed by atoms with van der Waals surface area (Å²) in [6.07, 6.45) is 4.73. The van der Waals surface area contributed by atoms with Crippen molar-refractivity contribution in [3.63, 3.8) is 0 Å². The third-order valence-corrected chi connectivity index (χ3v) is 3.35. The molecule has 1 atom stereocenters. The van der Waals surface area contributed by atoms with Gasteiger partial charge in [-0.2, -0.15) is 0 Å². The van der Waals surface area contributed by atoms with Crippen molar-refractivity contribution in [3.05, 3.63) is 42.0 Å². The molecule has 0 aliphatic carbocycles. The van der Waals surface area contributed by atoms with Crippen LogP contribution in [0.1, 0.15) is 37.6 Å². The molecule has 0 radical (unpaired) electrons. The van der Waals surface area contributed by atoms with E-state index < -0.39 is 0 Å². The lowest BCUT2D eigenvalue weighted by molar-refractivity contribution is 0.275. The SMILES string of the molecule is CCCn1cncc1COc1ccc([C@@H](C)N)cc1OC. The van der Waals surface area contributed by atoms with Gasteiger partial charge in [0.1, 0.15) is 6.61 Å². The Morgan fingerprint density at radius 3 is 2.81 bits per heavy atom. The topological polar surface area (TPSA) is 62.3 Å². The molecule has 5 nitrogen and oxygen atoms in total. The molecule has 0 aliphatic heterocycles. The standard InChI is InChI=1S/C16H23N3O2/c1-4-7-19-11-18-9-14(19)10-21-15-6-5-13(12(2)17)8-16(15)20-3/h5-6,8-9,11-12H,4,7,10,17H2,1-3H3/t12-/m1/s1. The average Bonchev–Trinajstić information content (AvgIpc) is 2.92. The summed E-state index contributed by atoms with van der Waals surface area (Å²) in [5.41, 5.74) is 7.96. The van der Waals surface area contributed by atoms with Gasteiger partial charge in [0.2, 0.25) is 0 Å². The Bertz CT molecular complexity index is 579. The monoisotopic (exact) mass is 289 g/mol. The highest BCUT2D eigenvalue weighted by Gasteiger charge is 2.09. The largest absolute Gasteiger partial charge is 0.493 e. The molecular formula is C16H23N3O2. The first kappa shape index (κ1) is 15.4. The second kappa shape index (κ2) is 7.13. The molecule has 0 aliphatic rings. The van der Waals surface area contributed by atoms with E-state index in [4.69, 9.17) is 15.2 Å². The third kappa shape index (κ3) is 3.76. The van der Waals surface area contributed by atoms with Crippen molar-refractivity contribution in [1.29, 1.82) is 0 Å². The zero-order valence-corrected chi connectivity index (χ0v) is 12.9. The summed E-state index contributed by atoms with van der Waals surface area (Å²) in [4.78, 5) is 4.17. The summed E-state index contributed by atoms with van der Waals surface area (Å²) >= 11 is 0. The highest BCUT2D eigenvalue weighted by Crippen LogP contribution is 2.30. The van der Waals surface area contributed by atoms with E-state index in [0.29, 0.717) is 18.1 Å². The van der Waals surface area contributed by atoms with Crippen LogP contribution in [0.5, 0.6) is 11.5 Å². The van der Waals surface area contributed by atoms with Crippen LogP contribution < -0.4 is 15.2 Å². The number of nitrogens with zero attached hydrogens (tertiary/aromatic N) is 2. The normalized spacial score (nSPS) is 12.2. The Morgan fingerprint density at radius 2 is 2.14 bits per heavy atom. The number of benzene rings is 1. The van der Waals surface area contributed by atoms with Gasteiger partial charge < -0.3 is 19.8 Å². The quantitative estimate of drug-likeness (QED) is 0.851. The van der Waals surface area contributed by atoms with Crippen molar-refractivity contribution in [2.75, 3.05) is 7.11 Å². The fraction of sp³-hybridized carbons (Fsp3) is 0.438. The Labute approximate surface area is 125 Å². The number of aromatic nitrogens is 2. The van der Waals surface area contributed by atoms with Crippen LogP contribution in [0.3, 0.4) is 0 Å². The number of methoxy groups -OCH3 is 1. The van der Waals surface area contributed by atoms with Gasteiger partial charge >= 0.3 is 0 Å². The molecule has 5 heteroatoms. The number of rotatable bonds is 7. The Balaban J connectivity index is 2.10. The first-order valence-corrected chi connectivity index (χ1v) is 7.21. The van der Waals surface area contributed by atoms with Crippen molar-refractivity contribution in [3.8, 4) is 11.5 Å². The van der Waals surface area contributed by atoms with Crippen molar-refractivity contribution in [2.45, 2.75) is 39.5 Å². The molecule has 1 heterocycles. The Hall–Kier alpha value is -2.01. The van der Waals surface area contributed by atoms with Gasteiger partial charge in [-0.3, -0.25) is 0 Å². The van der Waals surface area contributed by atoms with Crippen molar-refractivity contribution >= 4 is 0 Å². The molecule has 0 bridgehead atoms. The minimum absolute atomic E-state index is 0.0288. The lowest BCUT2D eigenvalue weighted by Gasteiger charge is -2.14. The molecule has 0 saturated heterocycles. The fourth-order valence-corrected chi connectivity index (χ4v) is 2.15. The van der Waals surface area contributed by atoms with E-state index in [9.17, 15) is 0 Å². The smallest absolute Gasteiger partial charge is 0.161 e. The van der Waals surface area contributed by atoms with Crippen LogP contribution in [0, 0.1) is 0 Å². The summed E-state index contributed by atoms with van der Waals surface area (Å²) in [7, 11) is 1.63. The molecule has 0 fully saturated rings. The number of hydrogen-bond donors (Lipinski definition) is 1. The fourth-order valence-electron chi connectivity index (χ4n) is 2.15. The molecule has 0 saturated carbocycles. The highest BCUT2D eigenvalue weighted by molar-refractivity contribution is 5.43. The maximum Gasteiger partial charge on any atom is 0.161 e. The van der Waals surface area contributed by atoms with Crippen molar-refractivity contribution in [1.82, 2.24) is 9.55 Å². The maximum absolute atomic E-state index is 5.88. The Kier molecular flexibility index (Phi) is 5.22. The molecule has 2 N–H and O–H groups in total. The van der Waals surface area contributed by atoms with Crippen molar-refractivity contribution in [2.24, 2.45) is 5.73 Å². The summed E-state index contributed by atoms with van der Waals surface area (Å²) in [6, 6.07) is 5.76. The molecule has 114 valence electrons. The first-order valence-electron chi connectivity index (χ1n) is 7.21. The van der Waals surface area contributed by atoms with Gasteiger partial charge in [-0.25, -0.2) is 4.98 Å². The predicted octanol–water partition coefficient (Wildman–Crippen LogP) is 2.90. The van der Waals surface area contributed by atoms with Crippen LogP contribution in [0.4, 0.5) is 0 Å².